The molecule has 1 aromatic carbocycles. The molecule has 0 saturated carbocycles. The first-order valence-corrected chi connectivity index (χ1v) is 5.64. The van der Waals surface area contributed by atoms with E-state index < -0.39 is 0 Å². The van der Waals surface area contributed by atoms with Gasteiger partial charge in [-0.05, 0) is 40.6 Å². The van der Waals surface area contributed by atoms with E-state index in [0.29, 0.717) is 22.4 Å². The summed E-state index contributed by atoms with van der Waals surface area (Å²) >= 11 is 3.34. The van der Waals surface area contributed by atoms with Crippen LogP contribution in [0.3, 0.4) is 0 Å². The summed E-state index contributed by atoms with van der Waals surface area (Å²) in [7, 11) is 0. The smallest absolute Gasteiger partial charge is 0.177 e. The fourth-order valence-corrected chi connectivity index (χ4v) is 1.75. The van der Waals surface area contributed by atoms with E-state index in [1.165, 1.54) is 0 Å². The lowest BCUT2D eigenvalue weighted by atomic mass is 10.1. The van der Waals surface area contributed by atoms with Crippen molar-refractivity contribution in [1.29, 1.82) is 0 Å². The summed E-state index contributed by atoms with van der Waals surface area (Å²) in [6.07, 6.45) is 0. The van der Waals surface area contributed by atoms with Crippen molar-refractivity contribution in [3.8, 4) is 5.75 Å². The Hall–Kier alpha value is -1.13. The van der Waals surface area contributed by atoms with Gasteiger partial charge in [-0.2, -0.15) is 0 Å². The molecule has 16 heavy (non-hydrogen) atoms. The molecule has 0 aromatic heterocycles. The number of nitrogens with two attached hydrogens (primary N) is 1. The van der Waals surface area contributed by atoms with Crippen LogP contribution >= 0.6 is 15.9 Å². The van der Waals surface area contributed by atoms with Gasteiger partial charge in [-0.1, -0.05) is 12.6 Å². The van der Waals surface area contributed by atoms with Crippen molar-refractivity contribution in [3.05, 3.63) is 40.4 Å². The van der Waals surface area contributed by atoms with E-state index in [1.807, 2.05) is 6.92 Å². The largest absolute Gasteiger partial charge is 0.488 e. The molecule has 0 atom stereocenters. The van der Waals surface area contributed by atoms with Crippen molar-refractivity contribution in [2.75, 3.05) is 13.2 Å². The number of ether oxygens (including phenoxy) is 1. The Morgan fingerprint density at radius 3 is 2.81 bits per heavy atom. The summed E-state index contributed by atoms with van der Waals surface area (Å²) in [5.74, 6) is 0.509. The molecule has 0 aliphatic heterocycles. The summed E-state index contributed by atoms with van der Waals surface area (Å²) in [4.78, 5) is 11.5. The van der Waals surface area contributed by atoms with Gasteiger partial charge in [0.1, 0.15) is 12.4 Å². The van der Waals surface area contributed by atoms with Gasteiger partial charge in [-0.3, -0.25) is 4.79 Å². The first kappa shape index (κ1) is 12.9. The van der Waals surface area contributed by atoms with Crippen LogP contribution in [0.2, 0.25) is 0 Å². The minimum atomic E-state index is -0.118. The van der Waals surface area contributed by atoms with Crippen molar-refractivity contribution >= 4 is 21.7 Å². The lowest BCUT2D eigenvalue weighted by Gasteiger charge is -2.10. The molecule has 0 saturated heterocycles. The lowest BCUT2D eigenvalue weighted by Crippen LogP contribution is -2.14. The third-order valence-corrected chi connectivity index (χ3v) is 2.74. The van der Waals surface area contributed by atoms with Crippen LogP contribution in [0.5, 0.6) is 5.75 Å². The van der Waals surface area contributed by atoms with Crippen molar-refractivity contribution in [1.82, 2.24) is 0 Å². The monoisotopic (exact) mass is 283 g/mol. The molecule has 86 valence electrons. The number of carbonyl (C=O) groups excluding carboxylic acids is 1. The van der Waals surface area contributed by atoms with Gasteiger partial charge in [0.05, 0.1) is 11.0 Å². The van der Waals surface area contributed by atoms with Gasteiger partial charge in [0.2, 0.25) is 0 Å². The minimum absolute atomic E-state index is 0.0114. The Morgan fingerprint density at radius 2 is 2.25 bits per heavy atom. The molecule has 0 radical (unpaired) electrons. The fraction of sp³-hybridized carbons (Fsp3) is 0.250. The maximum Gasteiger partial charge on any atom is 0.177 e. The zero-order valence-corrected chi connectivity index (χ0v) is 10.7. The molecule has 2 N–H and O–H groups in total. The second-order valence-corrected chi connectivity index (χ2v) is 4.28. The first-order chi connectivity index (χ1) is 7.56. The fourth-order valence-electron chi connectivity index (χ4n) is 1.15. The second kappa shape index (κ2) is 5.82. The molecular formula is C12H14BrNO2. The van der Waals surface area contributed by atoms with Gasteiger partial charge in [-0.15, -0.1) is 0 Å². The Morgan fingerprint density at radius 1 is 1.56 bits per heavy atom. The Balaban J connectivity index is 2.94. The van der Waals surface area contributed by atoms with E-state index in [-0.39, 0.29) is 12.3 Å². The summed E-state index contributed by atoms with van der Waals surface area (Å²) < 4.78 is 6.14. The SMILES string of the molecule is C=C(C)COc1cccc(C(=O)CN)c1Br. The first-order valence-electron chi connectivity index (χ1n) is 4.85. The van der Waals surface area contributed by atoms with Crippen LogP contribution in [0.1, 0.15) is 17.3 Å². The summed E-state index contributed by atoms with van der Waals surface area (Å²) in [5.41, 5.74) is 6.78. The standard InChI is InChI=1S/C12H14BrNO2/c1-8(2)7-16-11-5-3-4-9(12(11)13)10(15)6-14/h3-5H,1,6-7,14H2,2H3. The summed E-state index contributed by atoms with van der Waals surface area (Å²) in [5, 5.41) is 0. The topological polar surface area (TPSA) is 52.3 Å². The zero-order valence-electron chi connectivity index (χ0n) is 9.13. The Labute approximate surface area is 103 Å². The van der Waals surface area contributed by atoms with E-state index in [0.717, 1.165) is 5.57 Å². The van der Waals surface area contributed by atoms with E-state index >= 15 is 0 Å². The molecule has 0 heterocycles. The van der Waals surface area contributed by atoms with Gasteiger partial charge < -0.3 is 10.5 Å². The highest BCUT2D eigenvalue weighted by atomic mass is 79.9. The van der Waals surface area contributed by atoms with Crippen LogP contribution in [0.15, 0.2) is 34.8 Å². The average molecular weight is 284 g/mol. The van der Waals surface area contributed by atoms with E-state index in [9.17, 15) is 4.79 Å². The Bertz CT molecular complexity index is 415. The van der Waals surface area contributed by atoms with Crippen molar-refractivity contribution in [2.45, 2.75) is 6.92 Å². The van der Waals surface area contributed by atoms with Gasteiger partial charge in [0.25, 0.3) is 0 Å². The quantitative estimate of drug-likeness (QED) is 0.667. The molecule has 0 aliphatic carbocycles. The summed E-state index contributed by atoms with van der Waals surface area (Å²) in [6, 6.07) is 5.27. The summed E-state index contributed by atoms with van der Waals surface area (Å²) in [6.45, 7) is 6.04. The van der Waals surface area contributed by atoms with Crippen LogP contribution in [-0.4, -0.2) is 18.9 Å². The second-order valence-electron chi connectivity index (χ2n) is 3.49. The van der Waals surface area contributed by atoms with Gasteiger partial charge in [-0.25, -0.2) is 0 Å². The lowest BCUT2D eigenvalue weighted by molar-refractivity contribution is 0.1000. The van der Waals surface area contributed by atoms with Crippen LogP contribution in [0.25, 0.3) is 0 Å². The highest BCUT2D eigenvalue weighted by Gasteiger charge is 2.12. The van der Waals surface area contributed by atoms with Crippen molar-refractivity contribution in [3.63, 3.8) is 0 Å². The van der Waals surface area contributed by atoms with Crippen LogP contribution in [0, 0.1) is 0 Å². The van der Waals surface area contributed by atoms with Crippen LogP contribution in [-0.2, 0) is 0 Å². The van der Waals surface area contributed by atoms with Crippen molar-refractivity contribution in [2.24, 2.45) is 5.73 Å². The molecule has 0 fully saturated rings. The molecule has 0 bridgehead atoms. The predicted octanol–water partition coefficient (Wildman–Crippen LogP) is 2.55. The van der Waals surface area contributed by atoms with E-state index in [1.54, 1.807) is 18.2 Å². The third-order valence-electron chi connectivity index (χ3n) is 1.92. The molecule has 4 heteroatoms. The number of Topliss-reactive ketones (excluding diaryl/α,β-unsaturated/α-hetero) is 1. The number of benzene rings is 1. The molecule has 0 amide bonds. The average Bonchev–Trinajstić information content (AvgIpc) is 2.26. The van der Waals surface area contributed by atoms with Crippen molar-refractivity contribution < 1.29 is 9.53 Å². The van der Waals surface area contributed by atoms with Crippen LogP contribution in [0.4, 0.5) is 0 Å². The molecule has 0 unspecified atom stereocenters. The molecule has 3 nitrogen and oxygen atoms in total. The normalized spacial score (nSPS) is 9.94. The van der Waals surface area contributed by atoms with Gasteiger partial charge >= 0.3 is 0 Å². The maximum absolute atomic E-state index is 11.5. The maximum atomic E-state index is 11.5. The van der Waals surface area contributed by atoms with E-state index in [2.05, 4.69) is 22.5 Å². The van der Waals surface area contributed by atoms with Gasteiger partial charge in [0.15, 0.2) is 5.78 Å². The molecule has 1 aromatic rings. The number of ketones is 1. The molecule has 1 rings (SSSR count). The zero-order chi connectivity index (χ0) is 12.1. The van der Waals surface area contributed by atoms with E-state index in [4.69, 9.17) is 10.5 Å². The third kappa shape index (κ3) is 3.18. The number of hydrogen-bond donors (Lipinski definition) is 1. The number of hydrogen-bond acceptors (Lipinski definition) is 3. The minimum Gasteiger partial charge on any atom is -0.488 e. The van der Waals surface area contributed by atoms with Crippen LogP contribution < -0.4 is 10.5 Å². The molecule has 0 aliphatic rings. The predicted molar refractivity (Wildman–Crippen MR) is 67.8 cm³/mol. The highest BCUT2D eigenvalue weighted by Crippen LogP contribution is 2.29. The number of halogens is 1. The Kier molecular flexibility index (Phi) is 4.71. The highest BCUT2D eigenvalue weighted by molar-refractivity contribution is 9.10. The number of carbonyl (C=O) groups is 1. The molecule has 0 spiro atoms. The molecular weight excluding hydrogens is 270 g/mol. The number of rotatable bonds is 5. The van der Waals surface area contributed by atoms with Gasteiger partial charge in [0, 0.05) is 5.56 Å².